The quantitative estimate of drug-likeness (QED) is 0.918. The van der Waals surface area contributed by atoms with Crippen LogP contribution in [0.1, 0.15) is 30.1 Å². The number of nitrogens with zero attached hydrogens (tertiary/aromatic N) is 3. The normalized spacial score (nSPS) is 28.7. The lowest BCUT2D eigenvalue weighted by Gasteiger charge is -2.49. The summed E-state index contributed by atoms with van der Waals surface area (Å²) in [5, 5.41) is 11.2. The number of benzene rings is 1. The van der Waals surface area contributed by atoms with Gasteiger partial charge in [0.2, 0.25) is 6.39 Å². The first-order chi connectivity index (χ1) is 11.7. The number of aromatic nitrogens is 2. The molecule has 2 unspecified atom stereocenters. The van der Waals surface area contributed by atoms with Gasteiger partial charge in [-0.1, -0.05) is 0 Å². The van der Waals surface area contributed by atoms with Crippen molar-refractivity contribution in [3.8, 4) is 0 Å². The fourth-order valence-corrected chi connectivity index (χ4v) is 4.42. The van der Waals surface area contributed by atoms with Crippen molar-refractivity contribution in [2.45, 2.75) is 42.0 Å². The van der Waals surface area contributed by atoms with Crippen LogP contribution in [0.3, 0.4) is 0 Å². The Morgan fingerprint density at radius 2 is 2.04 bits per heavy atom. The van der Waals surface area contributed by atoms with E-state index in [1.54, 1.807) is 0 Å². The van der Waals surface area contributed by atoms with Gasteiger partial charge in [-0.3, -0.25) is 9.69 Å². The lowest BCUT2D eigenvalue weighted by Crippen LogP contribution is -2.62. The van der Waals surface area contributed by atoms with Crippen molar-refractivity contribution < 1.29 is 9.21 Å². The van der Waals surface area contributed by atoms with Gasteiger partial charge >= 0.3 is 0 Å². The summed E-state index contributed by atoms with van der Waals surface area (Å²) >= 11 is 1.38. The fraction of sp³-hybridized carbons (Fsp3) is 0.471. The third-order valence-electron chi connectivity index (χ3n) is 5.14. The molecule has 1 N–H and O–H groups in total. The average molecular weight is 344 g/mol. The smallest absolute Gasteiger partial charge is 0.281 e. The number of amides is 1. The van der Waals surface area contributed by atoms with Crippen molar-refractivity contribution in [2.75, 3.05) is 13.1 Å². The largest absolute Gasteiger partial charge is 0.419 e. The number of fused-ring (bicyclic) bond motifs is 3. The zero-order valence-electron chi connectivity index (χ0n) is 13.5. The molecule has 2 aromatic rings. The first-order valence-corrected chi connectivity index (χ1v) is 9.11. The van der Waals surface area contributed by atoms with Gasteiger partial charge in [-0.15, -0.1) is 10.2 Å². The molecule has 7 heteroatoms. The molecule has 0 spiro atoms. The number of carbonyl (C=O) groups excluding carboxylic acids is 1. The summed E-state index contributed by atoms with van der Waals surface area (Å²) < 4.78 is 5.11. The molecule has 2 atom stereocenters. The van der Waals surface area contributed by atoms with Gasteiger partial charge in [-0.05, 0) is 74.8 Å². The van der Waals surface area contributed by atoms with Crippen LogP contribution in [0.2, 0.25) is 0 Å². The zero-order chi connectivity index (χ0) is 16.5. The van der Waals surface area contributed by atoms with Gasteiger partial charge in [0.1, 0.15) is 0 Å². The van der Waals surface area contributed by atoms with E-state index in [4.69, 9.17) is 4.42 Å². The molecule has 0 saturated carbocycles. The van der Waals surface area contributed by atoms with E-state index in [-0.39, 0.29) is 11.9 Å². The van der Waals surface area contributed by atoms with Crippen LogP contribution in [0.25, 0.3) is 0 Å². The number of rotatable bonds is 4. The molecule has 126 valence electrons. The van der Waals surface area contributed by atoms with Crippen molar-refractivity contribution in [1.82, 2.24) is 20.4 Å². The van der Waals surface area contributed by atoms with Gasteiger partial charge < -0.3 is 9.73 Å². The monoisotopic (exact) mass is 344 g/mol. The van der Waals surface area contributed by atoms with Gasteiger partial charge in [-0.25, -0.2) is 0 Å². The topological polar surface area (TPSA) is 71.3 Å². The second-order valence-corrected chi connectivity index (χ2v) is 7.47. The predicted molar refractivity (Wildman–Crippen MR) is 89.9 cm³/mol. The first-order valence-electron chi connectivity index (χ1n) is 8.30. The van der Waals surface area contributed by atoms with Crippen LogP contribution in [-0.2, 0) is 0 Å². The van der Waals surface area contributed by atoms with Gasteiger partial charge in [0.15, 0.2) is 0 Å². The SMILES string of the molecule is CC1C(NC(=O)c2ccc(Sc3nnco3)cc2)C2CCN1CC2. The Labute approximate surface area is 145 Å². The molecule has 0 aliphatic carbocycles. The third kappa shape index (κ3) is 3.06. The second-order valence-electron chi connectivity index (χ2n) is 6.44. The van der Waals surface area contributed by atoms with Crippen LogP contribution >= 0.6 is 11.8 Å². The van der Waals surface area contributed by atoms with E-state index >= 15 is 0 Å². The van der Waals surface area contributed by atoms with E-state index < -0.39 is 0 Å². The van der Waals surface area contributed by atoms with Crippen molar-refractivity contribution in [2.24, 2.45) is 5.92 Å². The highest BCUT2D eigenvalue weighted by molar-refractivity contribution is 7.99. The summed E-state index contributed by atoms with van der Waals surface area (Å²) in [6, 6.07) is 8.19. The van der Waals surface area contributed by atoms with Crippen LogP contribution in [0.4, 0.5) is 0 Å². The Morgan fingerprint density at radius 1 is 1.29 bits per heavy atom. The van der Waals surface area contributed by atoms with Gasteiger partial charge in [0.05, 0.1) is 0 Å². The lowest BCUT2D eigenvalue weighted by molar-refractivity contribution is 0.0217. The minimum atomic E-state index is 0.00920. The molecule has 3 fully saturated rings. The summed E-state index contributed by atoms with van der Waals surface area (Å²) in [6.45, 7) is 4.56. The fourth-order valence-electron chi connectivity index (χ4n) is 3.76. The molecular formula is C17H20N4O2S. The van der Waals surface area contributed by atoms with Crippen LogP contribution in [0.5, 0.6) is 0 Å². The number of nitrogens with one attached hydrogen (secondary N) is 1. The average Bonchev–Trinajstić information content (AvgIpc) is 3.12. The van der Waals surface area contributed by atoms with Crippen molar-refractivity contribution in [3.63, 3.8) is 0 Å². The highest BCUT2D eigenvalue weighted by atomic mass is 32.2. The summed E-state index contributed by atoms with van der Waals surface area (Å²) in [5.41, 5.74) is 0.688. The first kappa shape index (κ1) is 15.7. The van der Waals surface area contributed by atoms with E-state index in [1.165, 1.54) is 44.1 Å². The molecule has 3 saturated heterocycles. The highest BCUT2D eigenvalue weighted by Gasteiger charge is 2.40. The molecule has 1 aromatic heterocycles. The molecule has 5 rings (SSSR count). The standard InChI is InChI=1S/C17H20N4O2S/c1-11-15(12-6-8-21(11)9-7-12)19-16(22)13-2-4-14(5-3-13)24-17-20-18-10-23-17/h2-5,10-12,15H,6-9H2,1H3,(H,19,22). The third-order valence-corrected chi connectivity index (χ3v) is 6.00. The minimum absolute atomic E-state index is 0.00920. The number of carbonyl (C=O) groups is 1. The maximum atomic E-state index is 12.6. The van der Waals surface area contributed by atoms with Gasteiger partial charge in [0, 0.05) is 22.5 Å². The Hall–Kier alpha value is -1.86. The van der Waals surface area contributed by atoms with Crippen molar-refractivity contribution in [3.05, 3.63) is 36.2 Å². The molecular weight excluding hydrogens is 324 g/mol. The van der Waals surface area contributed by atoms with Crippen LogP contribution in [0.15, 0.2) is 45.2 Å². The molecule has 6 nitrogen and oxygen atoms in total. The predicted octanol–water partition coefficient (Wildman–Crippen LogP) is 2.43. The summed E-state index contributed by atoms with van der Waals surface area (Å²) in [7, 11) is 0. The van der Waals surface area contributed by atoms with Gasteiger partial charge in [0.25, 0.3) is 11.1 Å². The lowest BCUT2D eigenvalue weighted by atomic mass is 9.79. The summed E-state index contributed by atoms with van der Waals surface area (Å²) in [4.78, 5) is 16.0. The molecule has 3 aliphatic heterocycles. The Bertz CT molecular complexity index is 694. The molecule has 4 heterocycles. The molecule has 1 amide bonds. The van der Waals surface area contributed by atoms with E-state index in [2.05, 4.69) is 27.3 Å². The summed E-state index contributed by atoms with van der Waals surface area (Å²) in [6.07, 6.45) is 3.68. The molecule has 0 radical (unpaired) electrons. The van der Waals surface area contributed by atoms with Crippen molar-refractivity contribution >= 4 is 17.7 Å². The van der Waals surface area contributed by atoms with Gasteiger partial charge in [-0.2, -0.15) is 0 Å². The van der Waals surface area contributed by atoms with E-state index in [0.29, 0.717) is 22.7 Å². The van der Waals surface area contributed by atoms with Crippen molar-refractivity contribution in [1.29, 1.82) is 0 Å². The van der Waals surface area contributed by atoms with Crippen LogP contribution in [0, 0.1) is 5.92 Å². The second kappa shape index (κ2) is 6.57. The highest BCUT2D eigenvalue weighted by Crippen LogP contribution is 2.32. The minimum Gasteiger partial charge on any atom is -0.419 e. The number of hydrogen-bond donors (Lipinski definition) is 1. The number of hydrogen-bond acceptors (Lipinski definition) is 6. The number of piperidine rings is 3. The van der Waals surface area contributed by atoms with Crippen LogP contribution in [-0.4, -0.2) is 46.2 Å². The molecule has 1 aromatic carbocycles. The maximum absolute atomic E-state index is 12.6. The Morgan fingerprint density at radius 3 is 2.67 bits per heavy atom. The van der Waals surface area contributed by atoms with Crippen LogP contribution < -0.4 is 5.32 Å². The summed E-state index contributed by atoms with van der Waals surface area (Å²) in [5.74, 6) is 0.622. The maximum Gasteiger partial charge on any atom is 0.281 e. The van der Waals surface area contributed by atoms with E-state index in [0.717, 1.165) is 4.90 Å². The molecule has 3 aliphatic rings. The Balaban J connectivity index is 1.41. The van der Waals surface area contributed by atoms with E-state index in [1.807, 2.05) is 24.3 Å². The van der Waals surface area contributed by atoms with E-state index in [9.17, 15) is 4.79 Å². The Kier molecular flexibility index (Phi) is 4.28. The molecule has 24 heavy (non-hydrogen) atoms. The molecule has 2 bridgehead atoms. The zero-order valence-corrected chi connectivity index (χ0v) is 14.3.